The van der Waals surface area contributed by atoms with E-state index >= 15 is 4.39 Å². The van der Waals surface area contributed by atoms with E-state index in [9.17, 15) is 14.7 Å². The van der Waals surface area contributed by atoms with Gasteiger partial charge in [0.05, 0.1) is 29.2 Å². The number of carbonyl (C=O) groups excluding carboxylic acids is 1. The molecule has 198 valence electrons. The fraction of sp³-hybridized carbons (Fsp3) is 0.444. The van der Waals surface area contributed by atoms with E-state index in [-0.39, 0.29) is 29.9 Å². The number of ether oxygens (including phenoxy) is 1. The first kappa shape index (κ1) is 26.2. The summed E-state index contributed by atoms with van der Waals surface area (Å²) in [7, 11) is 0. The molecule has 3 N–H and O–H groups in total. The second kappa shape index (κ2) is 11.1. The molecule has 2 aromatic rings. The minimum atomic E-state index is -1.24. The van der Waals surface area contributed by atoms with Crippen molar-refractivity contribution in [2.45, 2.75) is 64.3 Å². The minimum Gasteiger partial charge on any atom is -0.478 e. The van der Waals surface area contributed by atoms with E-state index in [1.54, 1.807) is 25.7 Å². The number of hydrogen-bond donors (Lipinski definition) is 3. The van der Waals surface area contributed by atoms with E-state index in [0.29, 0.717) is 30.8 Å². The monoisotopic (exact) mass is 512 g/mol. The zero-order valence-corrected chi connectivity index (χ0v) is 21.3. The first-order valence-corrected chi connectivity index (χ1v) is 12.4. The summed E-state index contributed by atoms with van der Waals surface area (Å²) in [5.41, 5.74) is 0.942. The van der Waals surface area contributed by atoms with Crippen molar-refractivity contribution in [2.24, 2.45) is 5.16 Å². The normalized spacial score (nSPS) is 17.6. The average Bonchev–Trinajstić information content (AvgIpc) is 3.53. The van der Waals surface area contributed by atoms with E-state index in [4.69, 9.17) is 9.57 Å². The zero-order chi connectivity index (χ0) is 26.6. The number of benzene rings is 2. The number of amides is 1. The molecule has 1 unspecified atom stereocenters. The van der Waals surface area contributed by atoms with Crippen molar-refractivity contribution in [3.05, 3.63) is 58.9 Å². The molecule has 0 spiro atoms. The first-order chi connectivity index (χ1) is 17.6. The lowest BCUT2D eigenvalue weighted by atomic mass is 10.0. The van der Waals surface area contributed by atoms with Crippen LogP contribution in [0.5, 0.6) is 0 Å². The molecule has 0 radical (unpaired) electrons. The van der Waals surface area contributed by atoms with Gasteiger partial charge in [-0.2, -0.15) is 0 Å². The molecule has 2 fully saturated rings. The molecule has 9 nitrogen and oxygen atoms in total. The molecule has 2 aliphatic rings. The van der Waals surface area contributed by atoms with Crippen LogP contribution in [0.4, 0.5) is 20.6 Å². The van der Waals surface area contributed by atoms with Gasteiger partial charge in [-0.05, 0) is 51.7 Å². The summed E-state index contributed by atoms with van der Waals surface area (Å²) in [6, 6.07) is 10.4. The molecule has 1 heterocycles. The first-order valence-electron chi connectivity index (χ1n) is 12.4. The van der Waals surface area contributed by atoms with Crippen LogP contribution in [0.1, 0.15) is 61.5 Å². The van der Waals surface area contributed by atoms with Crippen molar-refractivity contribution >= 4 is 29.7 Å². The molecule has 10 heteroatoms. The van der Waals surface area contributed by atoms with E-state index in [2.05, 4.69) is 15.8 Å². The summed E-state index contributed by atoms with van der Waals surface area (Å²) < 4.78 is 20.8. The van der Waals surface area contributed by atoms with Crippen molar-refractivity contribution in [3.63, 3.8) is 0 Å². The quantitative estimate of drug-likeness (QED) is 0.328. The highest BCUT2D eigenvalue weighted by Gasteiger charge is 2.33. The number of aromatic carboxylic acids is 1. The highest BCUT2D eigenvalue weighted by molar-refractivity contribution is 6.04. The van der Waals surface area contributed by atoms with E-state index < -0.39 is 23.5 Å². The van der Waals surface area contributed by atoms with Gasteiger partial charge in [-0.15, -0.1) is 0 Å². The molecule has 2 aromatic carbocycles. The Bertz CT molecular complexity index is 1160. The van der Waals surface area contributed by atoms with Gasteiger partial charge in [-0.3, -0.25) is 0 Å². The maximum atomic E-state index is 15.5. The third-order valence-corrected chi connectivity index (χ3v) is 6.00. The predicted molar refractivity (Wildman–Crippen MR) is 139 cm³/mol. The summed E-state index contributed by atoms with van der Waals surface area (Å²) in [6.07, 6.45) is 3.21. The third kappa shape index (κ3) is 7.12. The highest BCUT2D eigenvalue weighted by Crippen LogP contribution is 2.37. The maximum absolute atomic E-state index is 15.5. The Morgan fingerprint density at radius 1 is 1.19 bits per heavy atom. The molecule has 4 rings (SSSR count). The SMILES string of the molecule is CC(C)(C)OC(=O)NC1CCN(c2c(F)cc(C(=O)O)c(NC3CC3)c2C=NOCc2ccccc2)C1. The Hall–Kier alpha value is -3.82. The Labute approximate surface area is 215 Å². The van der Waals surface area contributed by atoms with Crippen LogP contribution in [0, 0.1) is 5.82 Å². The molecule has 1 aliphatic carbocycles. The fourth-order valence-electron chi connectivity index (χ4n) is 4.19. The van der Waals surface area contributed by atoms with Gasteiger partial charge in [0, 0.05) is 24.7 Å². The summed E-state index contributed by atoms with van der Waals surface area (Å²) in [5.74, 6) is -1.92. The molecule has 1 saturated heterocycles. The molecular weight excluding hydrogens is 479 g/mol. The van der Waals surface area contributed by atoms with Crippen LogP contribution in [0.3, 0.4) is 0 Å². The molecule has 1 atom stereocenters. The molecule has 0 bridgehead atoms. The van der Waals surface area contributed by atoms with Crippen LogP contribution in [-0.2, 0) is 16.2 Å². The van der Waals surface area contributed by atoms with Gasteiger partial charge in [-0.1, -0.05) is 35.5 Å². The summed E-state index contributed by atoms with van der Waals surface area (Å²) >= 11 is 0. The molecule has 1 aliphatic heterocycles. The van der Waals surface area contributed by atoms with Crippen LogP contribution < -0.4 is 15.5 Å². The fourth-order valence-corrected chi connectivity index (χ4v) is 4.19. The van der Waals surface area contributed by atoms with Crippen LogP contribution in [-0.4, -0.2) is 54.2 Å². The lowest BCUT2D eigenvalue weighted by molar-refractivity contribution is 0.0508. The van der Waals surface area contributed by atoms with Gasteiger partial charge in [0.15, 0.2) is 0 Å². The Kier molecular flexibility index (Phi) is 7.85. The third-order valence-electron chi connectivity index (χ3n) is 6.00. The van der Waals surface area contributed by atoms with Crippen LogP contribution in [0.2, 0.25) is 0 Å². The van der Waals surface area contributed by atoms with Gasteiger partial charge in [-0.25, -0.2) is 14.0 Å². The lowest BCUT2D eigenvalue weighted by Gasteiger charge is -2.25. The predicted octanol–water partition coefficient (Wildman–Crippen LogP) is 4.75. The number of oxime groups is 1. The average molecular weight is 513 g/mol. The summed E-state index contributed by atoms with van der Waals surface area (Å²) in [4.78, 5) is 31.5. The van der Waals surface area contributed by atoms with Crippen LogP contribution in [0.25, 0.3) is 0 Å². The van der Waals surface area contributed by atoms with Crippen molar-refractivity contribution in [2.75, 3.05) is 23.3 Å². The smallest absolute Gasteiger partial charge is 0.407 e. The van der Waals surface area contributed by atoms with Gasteiger partial charge in [0.2, 0.25) is 0 Å². The number of carboxylic acids is 1. The second-order valence-electron chi connectivity index (χ2n) is 10.3. The topological polar surface area (TPSA) is 112 Å². The molecular formula is C27H33FN4O5. The number of anilines is 2. The lowest BCUT2D eigenvalue weighted by Crippen LogP contribution is -2.40. The highest BCUT2D eigenvalue weighted by atomic mass is 19.1. The number of nitrogens with zero attached hydrogens (tertiary/aromatic N) is 2. The van der Waals surface area contributed by atoms with Gasteiger partial charge in [0.1, 0.15) is 18.0 Å². The number of hydrogen-bond acceptors (Lipinski definition) is 7. The van der Waals surface area contributed by atoms with Crippen LogP contribution in [0.15, 0.2) is 41.6 Å². The van der Waals surface area contributed by atoms with Crippen molar-refractivity contribution in [1.82, 2.24) is 5.32 Å². The largest absolute Gasteiger partial charge is 0.478 e. The standard InChI is InChI=1S/C27H33FN4O5/c1-27(2,3)37-26(35)31-19-11-12-32(15-19)24-21(14-29-36-16-17-7-5-4-6-8-17)23(30-18-9-10-18)20(25(33)34)13-22(24)28/h4-8,13-14,18-19,30H,9-12,15-16H2,1-3H3,(H,31,35)(H,33,34). The summed E-state index contributed by atoms with van der Waals surface area (Å²) in [5, 5.41) is 19.9. The van der Waals surface area contributed by atoms with Gasteiger partial charge in [0.25, 0.3) is 0 Å². The molecule has 1 saturated carbocycles. The zero-order valence-electron chi connectivity index (χ0n) is 21.3. The van der Waals surface area contributed by atoms with E-state index in [1.165, 1.54) is 6.21 Å². The second-order valence-corrected chi connectivity index (χ2v) is 10.3. The number of halogens is 1. The van der Waals surface area contributed by atoms with Crippen molar-refractivity contribution in [1.29, 1.82) is 0 Å². The van der Waals surface area contributed by atoms with Crippen molar-refractivity contribution in [3.8, 4) is 0 Å². The molecule has 37 heavy (non-hydrogen) atoms. The number of alkyl carbamates (subject to hydrolysis) is 1. The molecule has 0 aromatic heterocycles. The van der Waals surface area contributed by atoms with Gasteiger partial charge < -0.3 is 30.2 Å². The van der Waals surface area contributed by atoms with E-state index in [1.807, 2.05) is 30.3 Å². The molecule has 1 amide bonds. The number of carbonyl (C=O) groups is 2. The number of nitrogens with one attached hydrogen (secondary N) is 2. The van der Waals surface area contributed by atoms with Crippen LogP contribution >= 0.6 is 0 Å². The Morgan fingerprint density at radius 2 is 1.92 bits per heavy atom. The number of rotatable bonds is 9. The number of carboxylic acid groups (broad SMARTS) is 1. The minimum absolute atomic E-state index is 0.119. The van der Waals surface area contributed by atoms with Gasteiger partial charge >= 0.3 is 12.1 Å². The Morgan fingerprint density at radius 3 is 2.57 bits per heavy atom. The summed E-state index contributed by atoms with van der Waals surface area (Å²) in [6.45, 7) is 6.35. The van der Waals surface area contributed by atoms with Crippen molar-refractivity contribution < 1.29 is 28.7 Å². The Balaban J connectivity index is 1.60. The van der Waals surface area contributed by atoms with E-state index in [0.717, 1.165) is 24.5 Å². The maximum Gasteiger partial charge on any atom is 0.407 e.